The average Bonchev–Trinajstić information content (AvgIpc) is 2.31. The van der Waals surface area contributed by atoms with E-state index in [1.807, 2.05) is 0 Å². The number of anilines is 1. The number of carboxylic acid groups (broad SMARTS) is 1. The van der Waals surface area contributed by atoms with Gasteiger partial charge in [-0.3, -0.25) is 4.79 Å². The molecule has 0 saturated heterocycles. The maximum atomic E-state index is 11.8. The van der Waals surface area contributed by atoms with Crippen molar-refractivity contribution in [3.8, 4) is 0 Å². The molecule has 1 aromatic carbocycles. The van der Waals surface area contributed by atoms with E-state index in [0.717, 1.165) is 11.3 Å². The Bertz CT molecular complexity index is 539. The van der Waals surface area contributed by atoms with Crippen molar-refractivity contribution in [2.24, 2.45) is 0 Å². The zero-order chi connectivity index (χ0) is 13.3. The van der Waals surface area contributed by atoms with Crippen LogP contribution in [0.4, 0.5) is 5.69 Å². The quantitative estimate of drug-likeness (QED) is 0.913. The average molecular weight is 266 g/mol. The van der Waals surface area contributed by atoms with Crippen molar-refractivity contribution in [1.29, 1.82) is 0 Å². The Morgan fingerprint density at radius 2 is 2.17 bits per heavy atom. The van der Waals surface area contributed by atoms with Crippen LogP contribution in [0, 0.1) is 0 Å². The molecule has 1 aromatic rings. The number of fused-ring (bicyclic) bond motifs is 1. The zero-order valence-corrected chi connectivity index (χ0v) is 10.4. The van der Waals surface area contributed by atoms with E-state index >= 15 is 0 Å². The molecule has 0 aromatic heterocycles. The Morgan fingerprint density at radius 1 is 1.44 bits per heavy atom. The van der Waals surface area contributed by atoms with Crippen LogP contribution in [0.1, 0.15) is 22.3 Å². The number of nitrogens with zero attached hydrogens (tertiary/aromatic N) is 1. The monoisotopic (exact) mass is 265 g/mol. The predicted octanol–water partition coefficient (Wildman–Crippen LogP) is 2.42. The molecule has 2 rings (SSSR count). The fourth-order valence-electron chi connectivity index (χ4n) is 2.04. The molecule has 0 bridgehead atoms. The van der Waals surface area contributed by atoms with Crippen molar-refractivity contribution < 1.29 is 14.7 Å². The second kappa shape index (κ2) is 4.82. The van der Waals surface area contributed by atoms with E-state index in [-0.39, 0.29) is 18.0 Å². The predicted molar refractivity (Wildman–Crippen MR) is 69.1 cm³/mol. The van der Waals surface area contributed by atoms with Crippen LogP contribution in [0.25, 0.3) is 0 Å². The van der Waals surface area contributed by atoms with Gasteiger partial charge in [-0.25, -0.2) is 4.79 Å². The molecule has 0 atom stereocenters. The number of halogens is 1. The van der Waals surface area contributed by atoms with Crippen molar-refractivity contribution in [3.63, 3.8) is 0 Å². The summed E-state index contributed by atoms with van der Waals surface area (Å²) in [6.07, 6.45) is 0.917. The van der Waals surface area contributed by atoms with Crippen LogP contribution in [0.3, 0.4) is 0 Å². The molecule has 0 aliphatic carbocycles. The van der Waals surface area contributed by atoms with E-state index in [1.54, 1.807) is 17.0 Å². The summed E-state index contributed by atoms with van der Waals surface area (Å²) in [5.74, 6) is -0.990. The molecule has 5 heteroatoms. The summed E-state index contributed by atoms with van der Waals surface area (Å²) < 4.78 is 0. The number of amides is 1. The summed E-state index contributed by atoms with van der Waals surface area (Å²) >= 11 is 5.74. The first-order valence-corrected chi connectivity index (χ1v) is 5.86. The molecule has 1 N–H and O–H groups in total. The maximum Gasteiger partial charge on any atom is 0.335 e. The van der Waals surface area contributed by atoms with Crippen molar-refractivity contribution >= 4 is 29.2 Å². The number of rotatable bonds is 3. The third-order valence-electron chi connectivity index (χ3n) is 2.86. The van der Waals surface area contributed by atoms with Crippen molar-refractivity contribution in [2.75, 3.05) is 11.4 Å². The van der Waals surface area contributed by atoms with Crippen molar-refractivity contribution in [2.45, 2.75) is 12.8 Å². The first kappa shape index (κ1) is 12.6. The molecule has 1 aliphatic rings. The molecule has 0 radical (unpaired) electrons. The van der Waals surface area contributed by atoms with E-state index < -0.39 is 5.97 Å². The van der Waals surface area contributed by atoms with Crippen molar-refractivity contribution in [3.05, 3.63) is 40.9 Å². The van der Waals surface area contributed by atoms with Gasteiger partial charge in [-0.2, -0.15) is 0 Å². The number of carboxylic acids is 1. The molecule has 1 aliphatic heterocycles. The highest BCUT2D eigenvalue weighted by atomic mass is 35.5. The van der Waals surface area contributed by atoms with Gasteiger partial charge in [-0.05, 0) is 30.2 Å². The minimum atomic E-state index is -0.969. The van der Waals surface area contributed by atoms with E-state index in [0.29, 0.717) is 17.9 Å². The molecule has 0 saturated carbocycles. The summed E-state index contributed by atoms with van der Waals surface area (Å²) in [5.41, 5.74) is 1.80. The number of benzene rings is 1. The van der Waals surface area contributed by atoms with Gasteiger partial charge >= 0.3 is 5.97 Å². The number of aromatic carboxylic acids is 1. The Labute approximate surface area is 109 Å². The molecule has 0 unspecified atom stereocenters. The lowest BCUT2D eigenvalue weighted by molar-refractivity contribution is -0.118. The topological polar surface area (TPSA) is 57.6 Å². The molecule has 1 heterocycles. The van der Waals surface area contributed by atoms with Crippen LogP contribution >= 0.6 is 11.6 Å². The molecule has 94 valence electrons. The minimum Gasteiger partial charge on any atom is -0.478 e. The Hall–Kier alpha value is -1.81. The fraction of sp³-hybridized carbons (Fsp3) is 0.231. The Kier molecular flexibility index (Phi) is 3.39. The molecule has 4 nitrogen and oxygen atoms in total. The number of aryl methyl sites for hydroxylation is 1. The molecule has 1 amide bonds. The lowest BCUT2D eigenvalue weighted by atomic mass is 9.98. The number of carbonyl (C=O) groups excluding carboxylic acids is 1. The molecule has 0 fully saturated rings. The number of hydrogen-bond acceptors (Lipinski definition) is 2. The van der Waals surface area contributed by atoms with E-state index in [2.05, 4.69) is 6.58 Å². The number of carbonyl (C=O) groups is 2. The van der Waals surface area contributed by atoms with E-state index in [4.69, 9.17) is 16.7 Å². The normalized spacial score (nSPS) is 14.3. The SMILES string of the molecule is C=C(Cl)CN1C(=O)CCc2cc(C(=O)O)ccc21. The summed E-state index contributed by atoms with van der Waals surface area (Å²) in [4.78, 5) is 24.3. The highest BCUT2D eigenvalue weighted by molar-refractivity contribution is 6.30. The molecule has 18 heavy (non-hydrogen) atoms. The van der Waals surface area contributed by atoms with Crippen LogP contribution < -0.4 is 4.90 Å². The second-order valence-electron chi connectivity index (χ2n) is 4.15. The first-order chi connectivity index (χ1) is 8.49. The Morgan fingerprint density at radius 3 is 2.78 bits per heavy atom. The molecular weight excluding hydrogens is 254 g/mol. The third-order valence-corrected chi connectivity index (χ3v) is 2.98. The first-order valence-electron chi connectivity index (χ1n) is 5.49. The van der Waals surface area contributed by atoms with E-state index in [9.17, 15) is 9.59 Å². The van der Waals surface area contributed by atoms with Crippen molar-refractivity contribution in [1.82, 2.24) is 0 Å². The Balaban J connectivity index is 2.41. The van der Waals surface area contributed by atoms with E-state index in [1.165, 1.54) is 6.07 Å². The summed E-state index contributed by atoms with van der Waals surface area (Å²) in [5, 5.41) is 9.31. The van der Waals surface area contributed by atoms with Gasteiger partial charge in [0.2, 0.25) is 5.91 Å². The van der Waals surface area contributed by atoms with Gasteiger partial charge < -0.3 is 10.0 Å². The minimum absolute atomic E-state index is 0.0209. The highest BCUT2D eigenvalue weighted by Crippen LogP contribution is 2.29. The molecule has 0 spiro atoms. The lowest BCUT2D eigenvalue weighted by Gasteiger charge is -2.29. The van der Waals surface area contributed by atoms with Crippen LogP contribution in [-0.2, 0) is 11.2 Å². The largest absolute Gasteiger partial charge is 0.478 e. The second-order valence-corrected chi connectivity index (χ2v) is 4.68. The maximum absolute atomic E-state index is 11.8. The van der Waals surface area contributed by atoms with Gasteiger partial charge in [0.1, 0.15) is 0 Å². The van der Waals surface area contributed by atoms with Crippen LogP contribution in [0.5, 0.6) is 0 Å². The summed E-state index contributed by atoms with van der Waals surface area (Å²) in [6.45, 7) is 3.83. The number of hydrogen-bond donors (Lipinski definition) is 1. The van der Waals surface area contributed by atoms with Gasteiger partial charge in [-0.15, -0.1) is 0 Å². The highest BCUT2D eigenvalue weighted by Gasteiger charge is 2.24. The van der Waals surface area contributed by atoms with Gasteiger partial charge in [-0.1, -0.05) is 18.2 Å². The molecular formula is C13H12ClNO3. The smallest absolute Gasteiger partial charge is 0.335 e. The van der Waals surface area contributed by atoms with Crippen LogP contribution in [-0.4, -0.2) is 23.5 Å². The summed E-state index contributed by atoms with van der Waals surface area (Å²) in [6, 6.07) is 4.74. The van der Waals surface area contributed by atoms with Gasteiger partial charge in [0, 0.05) is 17.1 Å². The van der Waals surface area contributed by atoms with Crippen LogP contribution in [0.15, 0.2) is 29.8 Å². The lowest BCUT2D eigenvalue weighted by Crippen LogP contribution is -2.36. The third kappa shape index (κ3) is 2.38. The van der Waals surface area contributed by atoms with Gasteiger partial charge in [0.25, 0.3) is 0 Å². The fourth-order valence-corrected chi connectivity index (χ4v) is 2.16. The zero-order valence-electron chi connectivity index (χ0n) is 9.65. The van der Waals surface area contributed by atoms with Gasteiger partial charge in [0.15, 0.2) is 0 Å². The van der Waals surface area contributed by atoms with Crippen LogP contribution in [0.2, 0.25) is 0 Å². The standard InChI is InChI=1S/C13H12ClNO3/c1-8(14)7-15-11-4-2-10(13(17)18)6-9(11)3-5-12(15)16/h2,4,6H,1,3,5,7H2,(H,17,18). The summed E-state index contributed by atoms with van der Waals surface area (Å²) in [7, 11) is 0. The van der Waals surface area contributed by atoms with Gasteiger partial charge in [0.05, 0.1) is 12.1 Å².